The van der Waals surface area contributed by atoms with Crippen molar-refractivity contribution < 1.29 is 14.7 Å². The number of aryl methyl sites for hydroxylation is 2. The molecule has 0 radical (unpaired) electrons. The number of allylic oxidation sites excluding steroid dienone is 2. The minimum absolute atomic E-state index is 0.0266. The maximum absolute atomic E-state index is 12.7. The van der Waals surface area contributed by atoms with Crippen LogP contribution in [0.2, 0.25) is 0 Å². The number of hydrogen-bond donors (Lipinski definition) is 1. The summed E-state index contributed by atoms with van der Waals surface area (Å²) in [5, 5.41) is 10.1. The van der Waals surface area contributed by atoms with Gasteiger partial charge in [0.05, 0.1) is 5.57 Å². The normalized spacial score (nSPS) is 17.3. The topological polar surface area (TPSA) is 54.4 Å². The first-order valence-corrected chi connectivity index (χ1v) is 11.6. The molecule has 0 atom stereocenters. The van der Waals surface area contributed by atoms with Crippen LogP contribution in [0, 0.1) is 20.8 Å². The smallest absolute Gasteiger partial charge is 0.170 e. The summed E-state index contributed by atoms with van der Waals surface area (Å²) in [6.07, 6.45) is 4.15. The van der Waals surface area contributed by atoms with Crippen molar-refractivity contribution in [2.24, 2.45) is 0 Å². The Bertz CT molecular complexity index is 757. The average Bonchev–Trinajstić information content (AvgIpc) is 2.60. The van der Waals surface area contributed by atoms with Crippen molar-refractivity contribution in [1.82, 2.24) is 0 Å². The maximum Gasteiger partial charge on any atom is 0.170 e. The Morgan fingerprint density at radius 3 is 2.29 bits per heavy atom. The maximum atomic E-state index is 12.7. The fourth-order valence-electron chi connectivity index (χ4n) is 4.28. The van der Waals surface area contributed by atoms with Gasteiger partial charge in [-0.2, -0.15) is 11.8 Å². The molecular formula is C24H34O3S. The third kappa shape index (κ3) is 5.08. The van der Waals surface area contributed by atoms with Crippen LogP contribution in [0.1, 0.15) is 86.1 Å². The zero-order chi connectivity index (χ0) is 20.8. The molecule has 3 nitrogen and oxygen atoms in total. The first kappa shape index (κ1) is 22.7. The minimum atomic E-state index is -0.203. The highest BCUT2D eigenvalue weighted by Crippen LogP contribution is 2.38. The Hall–Kier alpha value is -1.55. The van der Waals surface area contributed by atoms with E-state index in [0.29, 0.717) is 25.7 Å². The van der Waals surface area contributed by atoms with E-state index in [1.54, 1.807) is 0 Å². The van der Waals surface area contributed by atoms with Crippen LogP contribution in [-0.4, -0.2) is 22.4 Å². The highest BCUT2D eigenvalue weighted by Gasteiger charge is 2.35. The molecule has 0 aromatic heterocycles. The van der Waals surface area contributed by atoms with E-state index < -0.39 is 0 Å². The number of carbonyl (C=O) groups is 2. The summed E-state index contributed by atoms with van der Waals surface area (Å²) in [4.78, 5) is 25.4. The van der Waals surface area contributed by atoms with Crippen LogP contribution < -0.4 is 0 Å². The second-order valence-corrected chi connectivity index (χ2v) is 9.06. The van der Waals surface area contributed by atoms with Crippen molar-refractivity contribution in [3.63, 3.8) is 0 Å². The summed E-state index contributed by atoms with van der Waals surface area (Å²) < 4.78 is 0. The van der Waals surface area contributed by atoms with Gasteiger partial charge in [0.15, 0.2) is 11.6 Å². The van der Waals surface area contributed by atoms with E-state index in [0.717, 1.165) is 22.6 Å². The number of benzene rings is 1. The van der Waals surface area contributed by atoms with E-state index in [9.17, 15) is 14.7 Å². The standard InChI is InChI=1S/C24H34O3S/c1-6-8-10-28-14-19-15(3)11-16(4)23(17(19)5)18-12-21(26)24(22(27)13-18)20(25)9-7-2/h11,18,25H,6-10,12-14H2,1-5H3. The lowest BCUT2D eigenvalue weighted by atomic mass is 9.75. The van der Waals surface area contributed by atoms with Crippen molar-refractivity contribution in [3.8, 4) is 0 Å². The summed E-state index contributed by atoms with van der Waals surface area (Å²) >= 11 is 1.96. The van der Waals surface area contributed by atoms with Crippen molar-refractivity contribution in [3.05, 3.63) is 45.2 Å². The van der Waals surface area contributed by atoms with Crippen LogP contribution >= 0.6 is 11.8 Å². The molecule has 1 aromatic rings. The van der Waals surface area contributed by atoms with E-state index in [1.165, 1.54) is 29.5 Å². The van der Waals surface area contributed by atoms with Crippen molar-refractivity contribution in [2.75, 3.05) is 5.75 Å². The molecule has 0 aliphatic heterocycles. The van der Waals surface area contributed by atoms with E-state index >= 15 is 0 Å². The van der Waals surface area contributed by atoms with E-state index in [-0.39, 0.29) is 28.8 Å². The Balaban J connectivity index is 2.32. The van der Waals surface area contributed by atoms with Gasteiger partial charge in [0.2, 0.25) is 0 Å². The number of unbranched alkanes of at least 4 members (excludes halogenated alkanes) is 1. The van der Waals surface area contributed by atoms with Gasteiger partial charge < -0.3 is 5.11 Å². The van der Waals surface area contributed by atoms with Crippen molar-refractivity contribution >= 4 is 23.3 Å². The Morgan fingerprint density at radius 1 is 1.07 bits per heavy atom. The number of Topliss-reactive ketones (excluding diaryl/α,β-unsaturated/α-hetero) is 2. The molecule has 28 heavy (non-hydrogen) atoms. The fourth-order valence-corrected chi connectivity index (χ4v) is 5.57. The van der Waals surface area contributed by atoms with Crippen LogP contribution in [0.4, 0.5) is 0 Å². The van der Waals surface area contributed by atoms with Crippen molar-refractivity contribution in [1.29, 1.82) is 0 Å². The molecule has 1 aliphatic carbocycles. The molecule has 154 valence electrons. The number of carbonyl (C=O) groups excluding carboxylic acids is 2. The Morgan fingerprint density at radius 2 is 1.71 bits per heavy atom. The number of rotatable bonds is 8. The predicted octanol–water partition coefficient (Wildman–Crippen LogP) is 6.27. The van der Waals surface area contributed by atoms with Gasteiger partial charge in [-0.15, -0.1) is 0 Å². The van der Waals surface area contributed by atoms with Crippen LogP contribution in [0.25, 0.3) is 0 Å². The summed E-state index contributed by atoms with van der Waals surface area (Å²) in [7, 11) is 0. The zero-order valence-corrected chi connectivity index (χ0v) is 18.8. The van der Waals surface area contributed by atoms with Gasteiger partial charge in [0, 0.05) is 25.0 Å². The number of thioether (sulfide) groups is 1. The lowest BCUT2D eigenvalue weighted by Crippen LogP contribution is -2.27. The molecule has 1 N–H and O–H groups in total. The molecule has 1 aliphatic rings. The molecule has 4 heteroatoms. The van der Waals surface area contributed by atoms with Gasteiger partial charge in [-0.05, 0) is 73.1 Å². The summed E-state index contributed by atoms with van der Waals surface area (Å²) in [6.45, 7) is 10.5. The molecule has 0 spiro atoms. The van der Waals surface area contributed by atoms with Crippen LogP contribution in [0.5, 0.6) is 0 Å². The monoisotopic (exact) mass is 402 g/mol. The average molecular weight is 403 g/mol. The number of hydrogen-bond acceptors (Lipinski definition) is 4. The predicted molar refractivity (Wildman–Crippen MR) is 118 cm³/mol. The second-order valence-electron chi connectivity index (χ2n) is 7.96. The third-order valence-electron chi connectivity index (χ3n) is 5.68. The van der Waals surface area contributed by atoms with E-state index in [2.05, 4.69) is 33.8 Å². The molecule has 2 rings (SSSR count). The first-order valence-electron chi connectivity index (χ1n) is 10.5. The molecule has 1 saturated carbocycles. The van der Waals surface area contributed by atoms with Crippen molar-refractivity contribution in [2.45, 2.75) is 84.8 Å². The quantitative estimate of drug-likeness (QED) is 0.241. The largest absolute Gasteiger partial charge is 0.511 e. The third-order valence-corrected chi connectivity index (χ3v) is 6.75. The molecule has 0 bridgehead atoms. The Labute approximate surface area is 174 Å². The summed E-state index contributed by atoms with van der Waals surface area (Å²) in [6, 6.07) is 2.20. The highest BCUT2D eigenvalue weighted by atomic mass is 32.2. The van der Waals surface area contributed by atoms with Crippen LogP contribution in [-0.2, 0) is 15.3 Å². The number of aliphatic hydroxyl groups is 1. The molecule has 0 heterocycles. The molecule has 0 amide bonds. The van der Waals surface area contributed by atoms with Crippen LogP contribution in [0.15, 0.2) is 17.4 Å². The SMILES string of the molecule is CCCCSCc1c(C)cc(C)c(C2CC(=O)C(=C(O)CCC)C(=O)C2)c1C. The molecule has 0 saturated heterocycles. The number of aliphatic hydroxyl groups excluding tert-OH is 1. The van der Waals surface area contributed by atoms with Gasteiger partial charge in [-0.25, -0.2) is 0 Å². The minimum Gasteiger partial charge on any atom is -0.511 e. The second kappa shape index (κ2) is 10.3. The number of ketones is 2. The summed E-state index contributed by atoms with van der Waals surface area (Å²) in [5.74, 6) is 1.61. The molecule has 1 fully saturated rings. The van der Waals surface area contributed by atoms with Gasteiger partial charge in [-0.3, -0.25) is 9.59 Å². The first-order chi connectivity index (χ1) is 13.3. The lowest BCUT2D eigenvalue weighted by Gasteiger charge is -2.27. The fraction of sp³-hybridized carbons (Fsp3) is 0.583. The van der Waals surface area contributed by atoms with Gasteiger partial charge in [0.1, 0.15) is 5.76 Å². The van der Waals surface area contributed by atoms with Crippen LogP contribution in [0.3, 0.4) is 0 Å². The Kier molecular flexibility index (Phi) is 8.36. The molecule has 0 unspecified atom stereocenters. The summed E-state index contributed by atoms with van der Waals surface area (Å²) in [5.41, 5.74) is 6.24. The van der Waals surface area contributed by atoms with Gasteiger partial charge in [0.25, 0.3) is 0 Å². The zero-order valence-electron chi connectivity index (χ0n) is 18.0. The molecular weight excluding hydrogens is 368 g/mol. The van der Waals surface area contributed by atoms with Gasteiger partial charge >= 0.3 is 0 Å². The van der Waals surface area contributed by atoms with E-state index in [4.69, 9.17) is 0 Å². The highest BCUT2D eigenvalue weighted by molar-refractivity contribution is 7.98. The van der Waals surface area contributed by atoms with Gasteiger partial charge in [-0.1, -0.05) is 26.3 Å². The van der Waals surface area contributed by atoms with E-state index in [1.807, 2.05) is 18.7 Å². The lowest BCUT2D eigenvalue weighted by molar-refractivity contribution is -0.124. The molecule has 1 aromatic carbocycles.